The van der Waals surface area contributed by atoms with Crippen LogP contribution in [-0.2, 0) is 0 Å². The third-order valence-corrected chi connectivity index (χ3v) is 3.53. The summed E-state index contributed by atoms with van der Waals surface area (Å²) in [6.45, 7) is 3.11. The maximum absolute atomic E-state index is 11.9. The van der Waals surface area contributed by atoms with Crippen molar-refractivity contribution < 1.29 is 19.5 Å². The second kappa shape index (κ2) is 10.4. The van der Waals surface area contributed by atoms with Gasteiger partial charge in [-0.05, 0) is 18.6 Å². The molecule has 0 heterocycles. The first-order chi connectivity index (χ1) is 11.1. The van der Waals surface area contributed by atoms with Gasteiger partial charge in [0.2, 0.25) is 0 Å². The quantitative estimate of drug-likeness (QED) is 0.512. The molecular weight excluding hydrogens is 296 g/mol. The summed E-state index contributed by atoms with van der Waals surface area (Å²) in [6.07, 6.45) is 3.79. The van der Waals surface area contributed by atoms with Crippen molar-refractivity contribution in [2.75, 3.05) is 19.6 Å². The van der Waals surface area contributed by atoms with Gasteiger partial charge in [-0.15, -0.1) is 0 Å². The summed E-state index contributed by atoms with van der Waals surface area (Å²) >= 11 is 0. The van der Waals surface area contributed by atoms with Crippen molar-refractivity contribution >= 4 is 18.3 Å². The van der Waals surface area contributed by atoms with Crippen LogP contribution < -0.4 is 5.32 Å². The van der Waals surface area contributed by atoms with Gasteiger partial charge in [-0.1, -0.05) is 38.3 Å². The molecular formula is C17H24N2O4. The predicted molar refractivity (Wildman–Crippen MR) is 87.9 cm³/mol. The molecule has 0 bridgehead atoms. The van der Waals surface area contributed by atoms with E-state index in [-0.39, 0.29) is 19.0 Å². The van der Waals surface area contributed by atoms with Gasteiger partial charge < -0.3 is 15.3 Å². The fraction of sp³-hybridized carbons (Fsp3) is 0.471. The molecule has 1 aromatic carbocycles. The zero-order valence-electron chi connectivity index (χ0n) is 13.5. The molecule has 23 heavy (non-hydrogen) atoms. The molecule has 0 saturated heterocycles. The molecule has 2 N–H and O–H groups in total. The van der Waals surface area contributed by atoms with Crippen molar-refractivity contribution in [3.8, 4) is 0 Å². The van der Waals surface area contributed by atoms with Gasteiger partial charge in [0.25, 0.3) is 5.91 Å². The third kappa shape index (κ3) is 6.95. The Morgan fingerprint density at radius 3 is 2.39 bits per heavy atom. The number of rotatable bonds is 10. The van der Waals surface area contributed by atoms with Gasteiger partial charge in [0.15, 0.2) is 0 Å². The van der Waals surface area contributed by atoms with Gasteiger partial charge in [-0.25, -0.2) is 4.79 Å². The number of nitrogens with zero attached hydrogens (tertiary/aromatic N) is 1. The van der Waals surface area contributed by atoms with E-state index in [0.29, 0.717) is 24.0 Å². The summed E-state index contributed by atoms with van der Waals surface area (Å²) in [7, 11) is 0. The average molecular weight is 320 g/mol. The summed E-state index contributed by atoms with van der Waals surface area (Å²) in [5, 5.41) is 11.8. The van der Waals surface area contributed by atoms with Crippen molar-refractivity contribution in [3.05, 3.63) is 35.4 Å². The fourth-order valence-electron chi connectivity index (χ4n) is 2.15. The van der Waals surface area contributed by atoms with Crippen LogP contribution >= 0.6 is 0 Å². The molecule has 0 aliphatic carbocycles. The topological polar surface area (TPSA) is 86.7 Å². The van der Waals surface area contributed by atoms with E-state index in [4.69, 9.17) is 5.11 Å². The van der Waals surface area contributed by atoms with Crippen LogP contribution in [0.3, 0.4) is 0 Å². The van der Waals surface area contributed by atoms with Crippen LogP contribution in [0.1, 0.15) is 53.3 Å². The Kier molecular flexibility index (Phi) is 8.42. The SMILES string of the molecule is CCCCCCN(CCNC(=O)c1ccc(C=O)cc1)C(=O)O. The van der Waals surface area contributed by atoms with E-state index >= 15 is 0 Å². The van der Waals surface area contributed by atoms with Crippen molar-refractivity contribution in [2.45, 2.75) is 32.6 Å². The smallest absolute Gasteiger partial charge is 0.407 e. The highest BCUT2D eigenvalue weighted by atomic mass is 16.4. The van der Waals surface area contributed by atoms with Crippen molar-refractivity contribution in [1.82, 2.24) is 10.2 Å². The zero-order chi connectivity index (χ0) is 17.1. The summed E-state index contributed by atoms with van der Waals surface area (Å²) < 4.78 is 0. The molecule has 1 rings (SSSR count). The van der Waals surface area contributed by atoms with Gasteiger partial charge in [-0.2, -0.15) is 0 Å². The molecule has 1 aromatic rings. The second-order valence-electron chi connectivity index (χ2n) is 5.33. The van der Waals surface area contributed by atoms with Crippen LogP contribution in [0.2, 0.25) is 0 Å². The number of hydrogen-bond acceptors (Lipinski definition) is 3. The fourth-order valence-corrected chi connectivity index (χ4v) is 2.15. The number of carbonyl (C=O) groups is 3. The van der Waals surface area contributed by atoms with E-state index in [1.165, 1.54) is 4.90 Å². The number of hydrogen-bond donors (Lipinski definition) is 2. The Morgan fingerprint density at radius 2 is 1.83 bits per heavy atom. The van der Waals surface area contributed by atoms with Gasteiger partial charge in [0, 0.05) is 30.8 Å². The largest absolute Gasteiger partial charge is 0.465 e. The van der Waals surface area contributed by atoms with Crippen LogP contribution in [0.4, 0.5) is 4.79 Å². The minimum Gasteiger partial charge on any atom is -0.465 e. The Balaban J connectivity index is 2.37. The van der Waals surface area contributed by atoms with Crippen LogP contribution in [-0.4, -0.2) is 47.9 Å². The van der Waals surface area contributed by atoms with Crippen LogP contribution in [0, 0.1) is 0 Å². The lowest BCUT2D eigenvalue weighted by molar-refractivity contribution is 0.0943. The van der Waals surface area contributed by atoms with E-state index < -0.39 is 6.09 Å². The van der Waals surface area contributed by atoms with Gasteiger partial charge in [-0.3, -0.25) is 9.59 Å². The number of carboxylic acid groups (broad SMARTS) is 1. The Labute approximate surface area is 136 Å². The summed E-state index contributed by atoms with van der Waals surface area (Å²) in [6, 6.07) is 6.27. The molecule has 6 nitrogen and oxygen atoms in total. The minimum atomic E-state index is -0.967. The Bertz CT molecular complexity index is 514. The summed E-state index contributed by atoms with van der Waals surface area (Å²) in [5.41, 5.74) is 0.950. The molecule has 2 amide bonds. The molecule has 126 valence electrons. The third-order valence-electron chi connectivity index (χ3n) is 3.53. The molecule has 0 fully saturated rings. The number of nitrogens with one attached hydrogen (secondary N) is 1. The van der Waals surface area contributed by atoms with E-state index in [9.17, 15) is 14.4 Å². The highest BCUT2D eigenvalue weighted by Crippen LogP contribution is 2.03. The average Bonchev–Trinajstić information content (AvgIpc) is 2.56. The normalized spacial score (nSPS) is 10.1. The lowest BCUT2D eigenvalue weighted by Gasteiger charge is -2.19. The Hall–Kier alpha value is -2.37. The molecule has 0 aliphatic rings. The first-order valence-electron chi connectivity index (χ1n) is 7.89. The number of amides is 2. The zero-order valence-corrected chi connectivity index (χ0v) is 13.5. The molecule has 0 spiro atoms. The molecule has 6 heteroatoms. The second-order valence-corrected chi connectivity index (χ2v) is 5.33. The number of aldehydes is 1. The number of carbonyl (C=O) groups excluding carboxylic acids is 2. The highest BCUT2D eigenvalue weighted by molar-refractivity contribution is 5.94. The van der Waals surface area contributed by atoms with Gasteiger partial charge >= 0.3 is 6.09 Å². The van der Waals surface area contributed by atoms with Crippen LogP contribution in [0.5, 0.6) is 0 Å². The Morgan fingerprint density at radius 1 is 1.13 bits per heavy atom. The van der Waals surface area contributed by atoms with Crippen molar-refractivity contribution in [1.29, 1.82) is 0 Å². The maximum atomic E-state index is 11.9. The van der Waals surface area contributed by atoms with E-state index in [1.807, 2.05) is 0 Å². The molecule has 0 unspecified atom stereocenters. The van der Waals surface area contributed by atoms with Crippen molar-refractivity contribution in [2.24, 2.45) is 0 Å². The van der Waals surface area contributed by atoms with E-state index in [0.717, 1.165) is 25.7 Å². The monoisotopic (exact) mass is 320 g/mol. The summed E-state index contributed by atoms with van der Waals surface area (Å²) in [5.74, 6) is -0.279. The number of benzene rings is 1. The van der Waals surface area contributed by atoms with Gasteiger partial charge in [0.1, 0.15) is 6.29 Å². The maximum Gasteiger partial charge on any atom is 0.407 e. The lowest BCUT2D eigenvalue weighted by atomic mass is 10.1. The molecule has 0 saturated carbocycles. The lowest BCUT2D eigenvalue weighted by Crippen LogP contribution is -2.38. The first kappa shape index (κ1) is 18.7. The molecule has 0 aliphatic heterocycles. The standard InChI is InChI=1S/C17H24N2O4/c1-2-3-4-5-11-19(17(22)23)12-10-18-16(21)15-8-6-14(13-20)7-9-15/h6-9,13H,2-5,10-12H2,1H3,(H,18,21)(H,22,23). The van der Waals surface area contributed by atoms with E-state index in [2.05, 4.69) is 12.2 Å². The molecule has 0 radical (unpaired) electrons. The van der Waals surface area contributed by atoms with Gasteiger partial charge in [0.05, 0.1) is 0 Å². The molecule has 0 aromatic heterocycles. The number of unbranched alkanes of at least 4 members (excludes halogenated alkanes) is 3. The minimum absolute atomic E-state index is 0.258. The van der Waals surface area contributed by atoms with E-state index in [1.54, 1.807) is 24.3 Å². The van der Waals surface area contributed by atoms with Crippen LogP contribution in [0.15, 0.2) is 24.3 Å². The summed E-state index contributed by atoms with van der Waals surface area (Å²) in [4.78, 5) is 35.0. The first-order valence-corrected chi connectivity index (χ1v) is 7.89. The highest BCUT2D eigenvalue weighted by Gasteiger charge is 2.12. The van der Waals surface area contributed by atoms with Crippen LogP contribution in [0.25, 0.3) is 0 Å². The van der Waals surface area contributed by atoms with Crippen molar-refractivity contribution in [3.63, 3.8) is 0 Å². The predicted octanol–water partition coefficient (Wildman–Crippen LogP) is 2.79. The molecule has 0 atom stereocenters.